The Morgan fingerprint density at radius 2 is 1.72 bits per heavy atom. The maximum absolute atomic E-state index is 12.7. The topological polar surface area (TPSA) is 61.4 Å². The van der Waals surface area contributed by atoms with Crippen LogP contribution in [0, 0.1) is 6.92 Å². The third-order valence-corrected chi connectivity index (χ3v) is 7.27. The summed E-state index contributed by atoms with van der Waals surface area (Å²) in [5, 5.41) is 7.80. The van der Waals surface area contributed by atoms with E-state index in [1.54, 1.807) is 18.2 Å². The number of carbonyl (C=O) groups is 2. The number of thiophene rings is 1. The van der Waals surface area contributed by atoms with Crippen LogP contribution in [0.3, 0.4) is 0 Å². The second-order valence-electron chi connectivity index (χ2n) is 7.85. The Morgan fingerprint density at radius 3 is 2.41 bits per heavy atom. The fourth-order valence-electron chi connectivity index (χ4n) is 3.63. The van der Waals surface area contributed by atoms with Crippen molar-refractivity contribution in [1.29, 1.82) is 0 Å². The van der Waals surface area contributed by atoms with E-state index in [-0.39, 0.29) is 11.8 Å². The molecule has 166 valence electrons. The number of carbonyl (C=O) groups excluding carboxylic acids is 2. The van der Waals surface area contributed by atoms with Crippen LogP contribution in [-0.2, 0) is 13.1 Å². The molecule has 2 N–H and O–H groups in total. The number of amides is 2. The number of rotatable bonds is 7. The van der Waals surface area contributed by atoms with Crippen LogP contribution in [0.4, 0.5) is 5.69 Å². The van der Waals surface area contributed by atoms with Gasteiger partial charge in [0.15, 0.2) is 0 Å². The molecule has 0 aliphatic carbocycles. The van der Waals surface area contributed by atoms with Gasteiger partial charge in [-0.25, -0.2) is 0 Å². The quantitative estimate of drug-likeness (QED) is 0.527. The number of hydrogen-bond acceptors (Lipinski definition) is 5. The van der Waals surface area contributed by atoms with E-state index in [2.05, 4.69) is 27.7 Å². The molecule has 1 aliphatic rings. The van der Waals surface area contributed by atoms with Gasteiger partial charge in [-0.3, -0.25) is 14.5 Å². The number of benzene rings is 2. The fourth-order valence-corrected chi connectivity index (χ4v) is 5.25. The molecule has 2 aromatic carbocycles. The highest BCUT2D eigenvalue weighted by Crippen LogP contribution is 2.20. The van der Waals surface area contributed by atoms with Gasteiger partial charge < -0.3 is 10.6 Å². The van der Waals surface area contributed by atoms with Crippen LogP contribution >= 0.6 is 23.1 Å². The highest BCUT2D eigenvalue weighted by Gasteiger charge is 2.13. The van der Waals surface area contributed by atoms with Crippen molar-refractivity contribution in [1.82, 2.24) is 10.2 Å². The van der Waals surface area contributed by atoms with E-state index < -0.39 is 0 Å². The van der Waals surface area contributed by atoms with Gasteiger partial charge in [-0.05, 0) is 53.3 Å². The molecule has 0 spiro atoms. The van der Waals surface area contributed by atoms with Crippen LogP contribution in [0.25, 0.3) is 0 Å². The molecule has 1 saturated heterocycles. The van der Waals surface area contributed by atoms with Crippen LogP contribution in [0.15, 0.2) is 60.0 Å². The predicted molar refractivity (Wildman–Crippen MR) is 134 cm³/mol. The summed E-state index contributed by atoms with van der Waals surface area (Å²) in [5.74, 6) is 2.18. The number of hydrogen-bond donors (Lipinski definition) is 2. The molecule has 2 amide bonds. The maximum Gasteiger partial charge on any atom is 0.261 e. The minimum Gasteiger partial charge on any atom is -0.347 e. The van der Waals surface area contributed by atoms with Crippen LogP contribution in [0.5, 0.6) is 0 Å². The van der Waals surface area contributed by atoms with Crippen LogP contribution in [0.1, 0.15) is 36.7 Å². The van der Waals surface area contributed by atoms with Crippen LogP contribution in [-0.4, -0.2) is 41.3 Å². The lowest BCUT2D eigenvalue weighted by atomic mass is 10.1. The van der Waals surface area contributed by atoms with E-state index in [4.69, 9.17) is 0 Å². The lowest BCUT2D eigenvalue weighted by Crippen LogP contribution is -2.31. The first kappa shape index (κ1) is 22.6. The van der Waals surface area contributed by atoms with Gasteiger partial charge in [-0.15, -0.1) is 11.3 Å². The first-order chi connectivity index (χ1) is 15.6. The molecule has 32 heavy (non-hydrogen) atoms. The van der Waals surface area contributed by atoms with Crippen molar-refractivity contribution < 1.29 is 9.59 Å². The lowest BCUT2D eigenvalue weighted by molar-refractivity contribution is 0.0953. The van der Waals surface area contributed by atoms with Gasteiger partial charge in [0.1, 0.15) is 0 Å². The fraction of sp³-hybridized carbons (Fsp3) is 0.280. The molecule has 4 rings (SSSR count). The average molecular weight is 466 g/mol. The normalized spacial score (nSPS) is 14.2. The highest BCUT2D eigenvalue weighted by molar-refractivity contribution is 7.99. The second kappa shape index (κ2) is 10.8. The molecule has 1 aromatic heterocycles. The minimum absolute atomic E-state index is 0.0834. The molecule has 1 aliphatic heterocycles. The zero-order valence-corrected chi connectivity index (χ0v) is 19.7. The van der Waals surface area contributed by atoms with Crippen molar-refractivity contribution in [2.24, 2.45) is 0 Å². The Kier molecular flexibility index (Phi) is 7.63. The van der Waals surface area contributed by atoms with E-state index in [0.717, 1.165) is 36.4 Å². The summed E-state index contributed by atoms with van der Waals surface area (Å²) in [6, 6.07) is 17.2. The summed E-state index contributed by atoms with van der Waals surface area (Å²) in [5.41, 5.74) is 4.72. The Balaban J connectivity index is 1.31. The van der Waals surface area contributed by atoms with Gasteiger partial charge in [0, 0.05) is 48.9 Å². The molecular formula is C25H27N3O2S2. The zero-order chi connectivity index (χ0) is 22.3. The number of nitrogens with zero attached hydrogens (tertiary/aromatic N) is 1. The number of nitrogens with one attached hydrogen (secondary N) is 2. The summed E-state index contributed by atoms with van der Waals surface area (Å²) in [4.78, 5) is 27.9. The van der Waals surface area contributed by atoms with Crippen LogP contribution < -0.4 is 10.6 Å². The Bertz CT molecular complexity index is 1060. The van der Waals surface area contributed by atoms with E-state index in [9.17, 15) is 9.59 Å². The maximum atomic E-state index is 12.7. The third-order valence-electron chi connectivity index (χ3n) is 5.46. The molecule has 7 heteroatoms. The smallest absolute Gasteiger partial charge is 0.261 e. The molecule has 0 unspecified atom stereocenters. The zero-order valence-electron chi connectivity index (χ0n) is 18.1. The van der Waals surface area contributed by atoms with Crippen molar-refractivity contribution in [3.8, 4) is 0 Å². The van der Waals surface area contributed by atoms with E-state index in [1.807, 2.05) is 48.3 Å². The van der Waals surface area contributed by atoms with Crippen molar-refractivity contribution in [3.05, 3.63) is 87.1 Å². The van der Waals surface area contributed by atoms with Crippen molar-refractivity contribution in [3.63, 3.8) is 0 Å². The standard InChI is InChI=1S/C25H27N3O2S2/c1-18-15-20(17-28-10-13-31-14-11-28)6-9-22(18)27-24(29)21-7-4-19(5-8-21)16-26-25(30)23-3-2-12-32-23/h2-9,12,15H,10-11,13-14,16-17H2,1H3,(H,26,30)(H,27,29). The van der Waals surface area contributed by atoms with Gasteiger partial charge in [0.25, 0.3) is 11.8 Å². The Hall–Kier alpha value is -2.61. The summed E-state index contributed by atoms with van der Waals surface area (Å²) in [7, 11) is 0. The average Bonchev–Trinajstić information content (AvgIpc) is 3.35. The Morgan fingerprint density at radius 1 is 0.969 bits per heavy atom. The van der Waals surface area contributed by atoms with Crippen molar-refractivity contribution in [2.75, 3.05) is 29.9 Å². The molecule has 1 fully saturated rings. The summed E-state index contributed by atoms with van der Waals surface area (Å²) in [6.07, 6.45) is 0. The molecule has 3 aromatic rings. The largest absolute Gasteiger partial charge is 0.347 e. The monoisotopic (exact) mass is 465 g/mol. The number of thioether (sulfide) groups is 1. The van der Waals surface area contributed by atoms with Gasteiger partial charge in [-0.2, -0.15) is 11.8 Å². The summed E-state index contributed by atoms with van der Waals surface area (Å²) >= 11 is 3.43. The van der Waals surface area contributed by atoms with E-state index >= 15 is 0 Å². The van der Waals surface area contributed by atoms with Crippen LogP contribution in [0.2, 0.25) is 0 Å². The molecule has 0 saturated carbocycles. The van der Waals surface area contributed by atoms with Crippen molar-refractivity contribution in [2.45, 2.75) is 20.0 Å². The molecule has 2 heterocycles. The van der Waals surface area contributed by atoms with E-state index in [1.165, 1.54) is 28.4 Å². The Labute approximate surface area is 197 Å². The highest BCUT2D eigenvalue weighted by atomic mass is 32.2. The first-order valence-electron chi connectivity index (χ1n) is 10.7. The third kappa shape index (κ3) is 6.00. The molecule has 5 nitrogen and oxygen atoms in total. The first-order valence-corrected chi connectivity index (χ1v) is 12.7. The SMILES string of the molecule is Cc1cc(CN2CCSCC2)ccc1NC(=O)c1ccc(CNC(=O)c2cccs2)cc1. The number of aryl methyl sites for hydroxylation is 1. The molecule has 0 bridgehead atoms. The second-order valence-corrected chi connectivity index (χ2v) is 10.0. The lowest BCUT2D eigenvalue weighted by Gasteiger charge is -2.26. The van der Waals surface area contributed by atoms with Gasteiger partial charge >= 0.3 is 0 Å². The van der Waals surface area contributed by atoms with E-state index in [0.29, 0.717) is 17.0 Å². The molecule has 0 atom stereocenters. The van der Waals surface area contributed by atoms with Crippen molar-refractivity contribution >= 4 is 40.6 Å². The summed E-state index contributed by atoms with van der Waals surface area (Å²) in [6.45, 7) is 5.69. The molecule has 0 radical (unpaired) electrons. The summed E-state index contributed by atoms with van der Waals surface area (Å²) < 4.78 is 0. The van der Waals surface area contributed by atoms with Gasteiger partial charge in [0.05, 0.1) is 4.88 Å². The van der Waals surface area contributed by atoms with Gasteiger partial charge in [-0.1, -0.05) is 30.3 Å². The predicted octanol–water partition coefficient (Wildman–Crippen LogP) is 4.79. The number of anilines is 1. The van der Waals surface area contributed by atoms with Gasteiger partial charge in [0.2, 0.25) is 0 Å². The molecular weight excluding hydrogens is 438 g/mol. The minimum atomic E-state index is -0.136.